The van der Waals surface area contributed by atoms with Gasteiger partial charge in [0.2, 0.25) is 0 Å². The summed E-state index contributed by atoms with van der Waals surface area (Å²) in [5.74, 6) is -1.44. The molecular weight excluding hydrogens is 333 g/mol. The van der Waals surface area contributed by atoms with E-state index < -0.39 is 13.7 Å². The zero-order valence-electron chi connectivity index (χ0n) is 12.9. The summed E-state index contributed by atoms with van der Waals surface area (Å²) in [6, 6.07) is 6.47. The van der Waals surface area contributed by atoms with Crippen LogP contribution in [-0.4, -0.2) is 31.5 Å². The van der Waals surface area contributed by atoms with Gasteiger partial charge in [-0.2, -0.15) is 4.76 Å². The highest BCUT2D eigenvalue weighted by atomic mass is 31.2. The Morgan fingerprint density at radius 2 is 1.88 bits per heavy atom. The number of ketones is 1. The molecule has 0 amide bonds. The van der Waals surface area contributed by atoms with Gasteiger partial charge in [-0.05, 0) is 29.7 Å². The Morgan fingerprint density at radius 1 is 1.25 bits per heavy atom. The maximum Gasteiger partial charge on any atom is 0.448 e. The number of phenols is 1. The molecule has 1 aliphatic carbocycles. The van der Waals surface area contributed by atoms with Crippen molar-refractivity contribution in [3.63, 3.8) is 0 Å². The van der Waals surface area contributed by atoms with Gasteiger partial charge < -0.3 is 20.0 Å². The third-order valence-electron chi connectivity index (χ3n) is 3.64. The van der Waals surface area contributed by atoms with Gasteiger partial charge in [-0.25, -0.2) is 4.57 Å². The number of benzene rings is 1. The number of aliphatic hydroxyl groups excluding tert-OH is 1. The summed E-state index contributed by atoms with van der Waals surface area (Å²) in [6.07, 6.45) is 3.86. The average Bonchev–Trinajstić information content (AvgIpc) is 2.46. The van der Waals surface area contributed by atoms with Gasteiger partial charge in [0.25, 0.3) is 0 Å². The number of allylic oxidation sites excluding steroid dienone is 3. The van der Waals surface area contributed by atoms with Crippen molar-refractivity contribution in [2.45, 2.75) is 19.3 Å². The lowest BCUT2D eigenvalue weighted by Gasteiger charge is -2.18. The molecule has 0 spiro atoms. The molecule has 0 radical (unpaired) electrons. The van der Waals surface area contributed by atoms with Crippen LogP contribution in [0.4, 0.5) is 0 Å². The number of aromatic hydroxyl groups is 1. The van der Waals surface area contributed by atoms with Crippen LogP contribution in [0.2, 0.25) is 0 Å². The first kappa shape index (κ1) is 18.1. The molecule has 2 atom stereocenters. The van der Waals surface area contributed by atoms with Crippen LogP contribution in [0.5, 0.6) is 5.75 Å². The molecule has 0 bridgehead atoms. The van der Waals surface area contributed by atoms with E-state index in [1.807, 2.05) is 6.92 Å². The first-order chi connectivity index (χ1) is 11.2. The van der Waals surface area contributed by atoms with Crippen LogP contribution in [0.25, 0.3) is 0 Å². The SMILES string of the molecule is CC(CC(=O)C1C=CC(O)=C/C1=N\P(=O)(O)O)c1ccc(O)cc1. The predicted octanol–water partition coefficient (Wildman–Crippen LogP) is 2.62. The number of phenolic OH excluding ortho intramolecular Hbond substituents is 1. The molecule has 0 heterocycles. The summed E-state index contributed by atoms with van der Waals surface area (Å²) in [4.78, 5) is 30.5. The fourth-order valence-electron chi connectivity index (χ4n) is 2.45. The molecule has 1 aliphatic rings. The van der Waals surface area contributed by atoms with Crippen molar-refractivity contribution < 1.29 is 29.4 Å². The number of aliphatic hydroxyl groups is 1. The molecule has 128 valence electrons. The second-order valence-electron chi connectivity index (χ2n) is 5.61. The maximum absolute atomic E-state index is 12.5. The Morgan fingerprint density at radius 3 is 2.46 bits per heavy atom. The van der Waals surface area contributed by atoms with Crippen molar-refractivity contribution in [2.24, 2.45) is 10.7 Å². The zero-order chi connectivity index (χ0) is 17.9. The molecule has 4 N–H and O–H groups in total. The van der Waals surface area contributed by atoms with E-state index in [9.17, 15) is 19.6 Å². The molecule has 8 heteroatoms. The van der Waals surface area contributed by atoms with E-state index in [4.69, 9.17) is 9.79 Å². The lowest BCUT2D eigenvalue weighted by Crippen LogP contribution is -2.24. The normalized spacial score (nSPS) is 20.7. The smallest absolute Gasteiger partial charge is 0.448 e. The van der Waals surface area contributed by atoms with Gasteiger partial charge >= 0.3 is 7.75 Å². The Balaban J connectivity index is 2.18. The average molecular weight is 351 g/mol. The molecule has 0 saturated heterocycles. The molecular formula is C16H18NO6P. The first-order valence-corrected chi connectivity index (χ1v) is 8.78. The Kier molecular flexibility index (Phi) is 5.39. The highest BCUT2D eigenvalue weighted by Crippen LogP contribution is 2.38. The molecule has 2 unspecified atom stereocenters. The lowest BCUT2D eigenvalue weighted by molar-refractivity contribution is -0.120. The fourth-order valence-corrected chi connectivity index (χ4v) is 2.93. The van der Waals surface area contributed by atoms with E-state index in [-0.39, 0.29) is 35.3 Å². The minimum Gasteiger partial charge on any atom is -0.508 e. The van der Waals surface area contributed by atoms with E-state index in [2.05, 4.69) is 4.76 Å². The standard InChI is InChI=1S/C16H18NO6P/c1-10(11-2-4-12(18)5-3-11)8-16(20)14-7-6-13(19)9-15(14)17-24(21,22)23/h2-7,9-10,14,18-19H,8H2,1H3,(H2,21,22,23)/b17-15+. The van der Waals surface area contributed by atoms with Crippen molar-refractivity contribution in [3.05, 3.63) is 53.8 Å². The molecule has 7 nitrogen and oxygen atoms in total. The van der Waals surface area contributed by atoms with Crippen molar-refractivity contribution in [2.75, 3.05) is 0 Å². The molecule has 0 aliphatic heterocycles. The molecule has 2 rings (SSSR count). The minimum absolute atomic E-state index is 0.120. The molecule has 0 aromatic heterocycles. The largest absolute Gasteiger partial charge is 0.508 e. The number of carbonyl (C=O) groups is 1. The van der Waals surface area contributed by atoms with Crippen molar-refractivity contribution in [3.8, 4) is 5.75 Å². The second kappa shape index (κ2) is 7.13. The highest BCUT2D eigenvalue weighted by molar-refractivity contribution is 7.50. The van der Waals surface area contributed by atoms with Gasteiger partial charge in [0, 0.05) is 12.5 Å². The van der Waals surface area contributed by atoms with Crippen LogP contribution >= 0.6 is 7.75 Å². The molecule has 1 aromatic carbocycles. The maximum atomic E-state index is 12.5. The van der Waals surface area contributed by atoms with Crippen LogP contribution in [0.3, 0.4) is 0 Å². The highest BCUT2D eigenvalue weighted by Gasteiger charge is 2.27. The Hall–Kier alpha value is -2.21. The quantitative estimate of drug-likeness (QED) is 0.604. The van der Waals surface area contributed by atoms with E-state index in [1.165, 1.54) is 24.3 Å². The predicted molar refractivity (Wildman–Crippen MR) is 89.0 cm³/mol. The van der Waals surface area contributed by atoms with Crippen LogP contribution in [0.1, 0.15) is 24.8 Å². The third-order valence-corrected chi connectivity index (χ3v) is 4.13. The summed E-state index contributed by atoms with van der Waals surface area (Å²) in [5, 5.41) is 18.8. The van der Waals surface area contributed by atoms with Gasteiger partial charge in [0.15, 0.2) is 0 Å². The molecule has 24 heavy (non-hydrogen) atoms. The third kappa shape index (κ3) is 4.89. The van der Waals surface area contributed by atoms with Crippen molar-refractivity contribution in [1.82, 2.24) is 0 Å². The Labute approximate surface area is 138 Å². The monoisotopic (exact) mass is 351 g/mol. The van der Waals surface area contributed by atoms with Crippen molar-refractivity contribution >= 4 is 19.2 Å². The van der Waals surface area contributed by atoms with Crippen LogP contribution < -0.4 is 0 Å². The van der Waals surface area contributed by atoms with Crippen molar-refractivity contribution in [1.29, 1.82) is 0 Å². The second-order valence-corrected chi connectivity index (χ2v) is 6.83. The fraction of sp³-hybridized carbons (Fsp3) is 0.250. The van der Waals surface area contributed by atoms with Crippen LogP contribution in [0, 0.1) is 5.92 Å². The molecule has 0 fully saturated rings. The summed E-state index contributed by atoms with van der Waals surface area (Å²) in [6.45, 7) is 1.84. The van der Waals surface area contributed by atoms with E-state index in [0.717, 1.165) is 11.6 Å². The zero-order valence-corrected chi connectivity index (χ0v) is 13.8. The van der Waals surface area contributed by atoms with Gasteiger partial charge in [-0.1, -0.05) is 25.1 Å². The molecule has 1 aromatic rings. The van der Waals surface area contributed by atoms with Crippen LogP contribution in [0.15, 0.2) is 53.0 Å². The number of nitrogens with zero attached hydrogens (tertiary/aromatic N) is 1. The van der Waals surface area contributed by atoms with Gasteiger partial charge in [-0.15, -0.1) is 0 Å². The van der Waals surface area contributed by atoms with Crippen LogP contribution in [-0.2, 0) is 9.36 Å². The number of hydrogen-bond acceptors (Lipinski definition) is 4. The van der Waals surface area contributed by atoms with Gasteiger partial charge in [0.05, 0.1) is 11.6 Å². The lowest BCUT2D eigenvalue weighted by atomic mass is 9.86. The van der Waals surface area contributed by atoms with Gasteiger partial charge in [0.1, 0.15) is 17.3 Å². The topological polar surface area (TPSA) is 127 Å². The number of rotatable bonds is 5. The van der Waals surface area contributed by atoms with E-state index >= 15 is 0 Å². The van der Waals surface area contributed by atoms with Gasteiger partial charge in [-0.3, -0.25) is 4.79 Å². The number of hydrogen-bond donors (Lipinski definition) is 4. The van der Waals surface area contributed by atoms with E-state index in [1.54, 1.807) is 12.1 Å². The summed E-state index contributed by atoms with van der Waals surface area (Å²) in [5.41, 5.74) is 0.694. The van der Waals surface area contributed by atoms with E-state index in [0.29, 0.717) is 0 Å². The summed E-state index contributed by atoms with van der Waals surface area (Å²) < 4.78 is 14.3. The summed E-state index contributed by atoms with van der Waals surface area (Å²) >= 11 is 0. The first-order valence-electron chi connectivity index (χ1n) is 7.22. The molecule has 0 saturated carbocycles. The minimum atomic E-state index is -4.72. The summed E-state index contributed by atoms with van der Waals surface area (Å²) in [7, 11) is -4.72. The number of Topliss-reactive ketones (excluding diaryl/α,β-unsaturated/α-hetero) is 1. The number of carbonyl (C=O) groups excluding carboxylic acids is 1. The Bertz CT molecular complexity index is 759.